The molecule has 2 aromatic heterocycles. The first-order valence-corrected chi connectivity index (χ1v) is 9.42. The molecule has 1 aliphatic heterocycles. The molecule has 2 aromatic rings. The van der Waals surface area contributed by atoms with Gasteiger partial charge in [0.2, 0.25) is 0 Å². The quantitative estimate of drug-likeness (QED) is 0.587. The Labute approximate surface area is 142 Å². The number of hydrogen-bond acceptors (Lipinski definition) is 6. The second-order valence-electron chi connectivity index (χ2n) is 4.82. The van der Waals surface area contributed by atoms with Gasteiger partial charge in [0.05, 0.1) is 5.39 Å². The fourth-order valence-corrected chi connectivity index (χ4v) is 3.39. The van der Waals surface area contributed by atoms with Crippen LogP contribution in [0.15, 0.2) is 23.0 Å². The highest BCUT2D eigenvalue weighted by Crippen LogP contribution is 2.32. The molecule has 1 aliphatic rings. The van der Waals surface area contributed by atoms with Crippen LogP contribution in [0.2, 0.25) is 0 Å². The highest BCUT2D eigenvalue weighted by Gasteiger charge is 2.29. The first-order chi connectivity index (χ1) is 10.5. The van der Waals surface area contributed by atoms with Gasteiger partial charge in [-0.3, -0.25) is 9.36 Å². The number of carbonyl (C=O) groups excluding carboxylic acids is 1. The van der Waals surface area contributed by atoms with Crippen LogP contribution in [0.25, 0.3) is 16.9 Å². The standard InChI is InChI=1S/C13H13IN4O3S/c1-22(2)17-12-11-7(14)4-18(13(11)16-6-15-12)10-3-8(20)9(5-19)21-10/h3-6,8-9,20H,1-2H3/t8-,9+/m0/s1. The van der Waals surface area contributed by atoms with Gasteiger partial charge in [-0.15, -0.1) is 0 Å². The van der Waals surface area contributed by atoms with Crippen LogP contribution in [-0.2, 0) is 20.2 Å². The van der Waals surface area contributed by atoms with Crippen LogP contribution < -0.4 is 0 Å². The lowest BCUT2D eigenvalue weighted by Gasteiger charge is -2.09. The number of carbonyl (C=O) groups is 1. The van der Waals surface area contributed by atoms with E-state index in [1.54, 1.807) is 4.57 Å². The summed E-state index contributed by atoms with van der Waals surface area (Å²) >= 11 is 2.19. The zero-order valence-corrected chi connectivity index (χ0v) is 14.8. The Morgan fingerprint density at radius 1 is 1.50 bits per heavy atom. The maximum Gasteiger partial charge on any atom is 0.198 e. The van der Waals surface area contributed by atoms with E-state index in [0.717, 1.165) is 8.96 Å². The van der Waals surface area contributed by atoms with Gasteiger partial charge >= 0.3 is 0 Å². The summed E-state index contributed by atoms with van der Waals surface area (Å²) < 4.78 is 12.6. The fraction of sp³-hybridized carbons (Fsp3) is 0.308. The van der Waals surface area contributed by atoms with Crippen LogP contribution in [0, 0.1) is 3.57 Å². The molecule has 0 radical (unpaired) electrons. The first kappa shape index (κ1) is 15.6. The predicted octanol–water partition coefficient (Wildman–Crippen LogP) is 1.49. The third kappa shape index (κ3) is 2.68. The van der Waals surface area contributed by atoms with E-state index in [9.17, 15) is 9.90 Å². The van der Waals surface area contributed by atoms with Crippen LogP contribution in [0.1, 0.15) is 0 Å². The second kappa shape index (κ2) is 6.05. The molecule has 7 nitrogen and oxygen atoms in total. The number of nitrogens with zero attached hydrogens (tertiary/aromatic N) is 4. The van der Waals surface area contributed by atoms with Crippen LogP contribution in [0.4, 0.5) is 5.82 Å². The summed E-state index contributed by atoms with van der Waals surface area (Å²) in [4.78, 5) is 19.4. The zero-order valence-electron chi connectivity index (χ0n) is 11.8. The molecule has 0 bridgehead atoms. The largest absolute Gasteiger partial charge is 0.465 e. The molecule has 22 heavy (non-hydrogen) atoms. The van der Waals surface area contributed by atoms with Crippen molar-refractivity contribution < 1.29 is 14.6 Å². The Hall–Kier alpha value is -1.33. The van der Waals surface area contributed by atoms with Crippen molar-refractivity contribution in [2.45, 2.75) is 12.2 Å². The number of ether oxygens (including phenoxy) is 1. The Morgan fingerprint density at radius 2 is 2.27 bits per heavy atom. The molecule has 3 heterocycles. The van der Waals surface area contributed by atoms with E-state index in [1.807, 2.05) is 18.7 Å². The summed E-state index contributed by atoms with van der Waals surface area (Å²) in [6, 6.07) is 0. The van der Waals surface area contributed by atoms with Crippen molar-refractivity contribution in [2.24, 2.45) is 4.36 Å². The normalized spacial score (nSPS) is 21.0. The fourth-order valence-electron chi connectivity index (χ4n) is 2.15. The summed E-state index contributed by atoms with van der Waals surface area (Å²) in [5.74, 6) is 1.02. The van der Waals surface area contributed by atoms with E-state index in [0.29, 0.717) is 23.6 Å². The maximum absolute atomic E-state index is 10.9. The Kier molecular flexibility index (Phi) is 4.28. The second-order valence-corrected chi connectivity index (χ2v) is 7.71. The topological polar surface area (TPSA) is 89.6 Å². The van der Waals surface area contributed by atoms with E-state index in [2.05, 4.69) is 36.9 Å². The van der Waals surface area contributed by atoms with Gasteiger partial charge in [-0.25, -0.2) is 14.3 Å². The SMILES string of the molecule is CS(C)=Nc1ncnc2c1c(I)cn2C1=C[C@H](O)[C@@H](C=O)O1. The van der Waals surface area contributed by atoms with E-state index < -0.39 is 12.2 Å². The lowest BCUT2D eigenvalue weighted by molar-refractivity contribution is -0.117. The molecule has 9 heteroatoms. The number of aliphatic hydroxyl groups is 1. The molecule has 0 unspecified atom stereocenters. The van der Waals surface area contributed by atoms with Gasteiger partial charge < -0.3 is 9.84 Å². The maximum atomic E-state index is 10.9. The van der Waals surface area contributed by atoms with Gasteiger partial charge in [-0.05, 0) is 35.1 Å². The number of aldehydes is 1. The average molecular weight is 432 g/mol. The predicted molar refractivity (Wildman–Crippen MR) is 92.8 cm³/mol. The van der Waals surface area contributed by atoms with Crippen LogP contribution >= 0.6 is 22.6 Å². The summed E-state index contributed by atoms with van der Waals surface area (Å²) in [5.41, 5.74) is 0.633. The Morgan fingerprint density at radius 3 is 2.91 bits per heavy atom. The molecular formula is C13H13IN4O3S. The summed E-state index contributed by atoms with van der Waals surface area (Å²) in [6.45, 7) is 0. The number of aromatic nitrogens is 3. The van der Waals surface area contributed by atoms with Crippen molar-refractivity contribution in [1.29, 1.82) is 0 Å². The van der Waals surface area contributed by atoms with Crippen LogP contribution in [-0.4, -0.2) is 50.6 Å². The van der Waals surface area contributed by atoms with Crippen molar-refractivity contribution in [2.75, 3.05) is 12.5 Å². The Balaban J connectivity index is 2.16. The molecule has 0 spiro atoms. The molecule has 0 aromatic carbocycles. The number of rotatable bonds is 3. The smallest absolute Gasteiger partial charge is 0.198 e. The molecular weight excluding hydrogens is 419 g/mol. The lowest BCUT2D eigenvalue weighted by atomic mass is 10.2. The minimum absolute atomic E-state index is 0.146. The van der Waals surface area contributed by atoms with Gasteiger partial charge in [0.15, 0.2) is 29.7 Å². The lowest BCUT2D eigenvalue weighted by Crippen LogP contribution is -2.22. The van der Waals surface area contributed by atoms with Gasteiger partial charge in [-0.2, -0.15) is 0 Å². The van der Waals surface area contributed by atoms with Gasteiger partial charge in [0, 0.05) is 15.8 Å². The molecule has 0 amide bonds. The molecule has 1 N–H and O–H groups in total. The highest BCUT2D eigenvalue weighted by molar-refractivity contribution is 14.1. The summed E-state index contributed by atoms with van der Waals surface area (Å²) in [5, 5.41) is 10.6. The van der Waals surface area contributed by atoms with E-state index in [-0.39, 0.29) is 10.7 Å². The minimum Gasteiger partial charge on any atom is -0.465 e. The number of hydrogen-bond donors (Lipinski definition) is 1. The van der Waals surface area contributed by atoms with Crippen molar-refractivity contribution in [3.63, 3.8) is 0 Å². The third-order valence-electron chi connectivity index (χ3n) is 3.06. The van der Waals surface area contributed by atoms with Crippen molar-refractivity contribution in [3.8, 4) is 0 Å². The highest BCUT2D eigenvalue weighted by atomic mass is 127. The van der Waals surface area contributed by atoms with E-state index >= 15 is 0 Å². The molecule has 0 fully saturated rings. The van der Waals surface area contributed by atoms with E-state index in [1.165, 1.54) is 12.4 Å². The number of halogens is 1. The number of fused-ring (bicyclic) bond motifs is 1. The summed E-state index contributed by atoms with van der Waals surface area (Å²) in [6.07, 6.45) is 7.53. The van der Waals surface area contributed by atoms with Gasteiger partial charge in [0.1, 0.15) is 12.4 Å². The molecule has 116 valence electrons. The molecule has 3 rings (SSSR count). The molecule has 0 saturated carbocycles. The molecule has 0 saturated heterocycles. The van der Waals surface area contributed by atoms with Crippen molar-refractivity contribution >= 4 is 62.3 Å². The monoisotopic (exact) mass is 432 g/mol. The average Bonchev–Trinajstić information content (AvgIpc) is 2.99. The van der Waals surface area contributed by atoms with Crippen LogP contribution in [0.3, 0.4) is 0 Å². The van der Waals surface area contributed by atoms with E-state index in [4.69, 9.17) is 4.74 Å². The number of aliphatic hydroxyl groups excluding tert-OH is 1. The van der Waals surface area contributed by atoms with Crippen molar-refractivity contribution in [3.05, 3.63) is 22.2 Å². The molecule has 0 aliphatic carbocycles. The zero-order chi connectivity index (χ0) is 15.9. The first-order valence-electron chi connectivity index (χ1n) is 6.34. The van der Waals surface area contributed by atoms with Crippen LogP contribution in [0.5, 0.6) is 0 Å². The van der Waals surface area contributed by atoms with Gasteiger partial charge in [-0.1, -0.05) is 10.7 Å². The van der Waals surface area contributed by atoms with Crippen molar-refractivity contribution in [1.82, 2.24) is 14.5 Å². The Bertz CT molecular complexity index is 813. The third-order valence-corrected chi connectivity index (χ3v) is 4.42. The summed E-state index contributed by atoms with van der Waals surface area (Å²) in [7, 11) is -0.146. The van der Waals surface area contributed by atoms with Gasteiger partial charge in [0.25, 0.3) is 0 Å². The molecule has 2 atom stereocenters. The minimum atomic E-state index is -0.953.